The number of benzene rings is 2. The second-order valence-electron chi connectivity index (χ2n) is 7.22. The van der Waals surface area contributed by atoms with Gasteiger partial charge < -0.3 is 15.0 Å². The van der Waals surface area contributed by atoms with Crippen LogP contribution in [0.5, 0.6) is 5.75 Å². The van der Waals surface area contributed by atoms with Crippen molar-refractivity contribution in [1.82, 2.24) is 5.32 Å². The van der Waals surface area contributed by atoms with Crippen molar-refractivity contribution in [1.29, 1.82) is 0 Å². The molecule has 0 heterocycles. The van der Waals surface area contributed by atoms with E-state index in [0.29, 0.717) is 25.6 Å². The molecule has 0 saturated carbocycles. The van der Waals surface area contributed by atoms with E-state index in [9.17, 15) is 9.59 Å². The molecule has 0 bridgehead atoms. The fraction of sp³-hybridized carbons (Fsp3) is 0.391. The van der Waals surface area contributed by atoms with Gasteiger partial charge in [0.15, 0.2) is 0 Å². The van der Waals surface area contributed by atoms with Crippen molar-refractivity contribution >= 4 is 17.5 Å². The molecule has 5 nitrogen and oxygen atoms in total. The van der Waals surface area contributed by atoms with Crippen LogP contribution in [0.4, 0.5) is 5.69 Å². The van der Waals surface area contributed by atoms with Gasteiger partial charge in [-0.05, 0) is 42.2 Å². The Kier molecular flexibility index (Phi) is 8.53. The summed E-state index contributed by atoms with van der Waals surface area (Å²) >= 11 is 0. The minimum Gasteiger partial charge on any atom is -0.489 e. The van der Waals surface area contributed by atoms with Gasteiger partial charge in [0.25, 0.3) is 0 Å². The predicted molar refractivity (Wildman–Crippen MR) is 112 cm³/mol. The number of carbonyl (C=O) groups is 2. The van der Waals surface area contributed by atoms with E-state index in [4.69, 9.17) is 4.74 Å². The molecule has 150 valence electrons. The van der Waals surface area contributed by atoms with Crippen LogP contribution in [0, 0.1) is 5.92 Å². The van der Waals surface area contributed by atoms with E-state index in [-0.39, 0.29) is 18.2 Å². The third-order valence-electron chi connectivity index (χ3n) is 4.38. The molecule has 0 saturated heterocycles. The van der Waals surface area contributed by atoms with Gasteiger partial charge in [0.1, 0.15) is 12.4 Å². The highest BCUT2D eigenvalue weighted by Gasteiger charge is 2.13. The van der Waals surface area contributed by atoms with E-state index in [1.54, 1.807) is 4.90 Å². The zero-order valence-corrected chi connectivity index (χ0v) is 17.0. The van der Waals surface area contributed by atoms with Gasteiger partial charge in [-0.3, -0.25) is 9.59 Å². The summed E-state index contributed by atoms with van der Waals surface area (Å²) in [4.78, 5) is 25.6. The van der Waals surface area contributed by atoms with E-state index < -0.39 is 0 Å². The quantitative estimate of drug-likeness (QED) is 0.671. The Morgan fingerprint density at radius 1 is 1.04 bits per heavy atom. The summed E-state index contributed by atoms with van der Waals surface area (Å²) in [7, 11) is 0. The molecule has 28 heavy (non-hydrogen) atoms. The van der Waals surface area contributed by atoms with E-state index in [1.165, 1.54) is 6.92 Å². The third-order valence-corrected chi connectivity index (χ3v) is 4.38. The highest BCUT2D eigenvalue weighted by Crippen LogP contribution is 2.21. The van der Waals surface area contributed by atoms with Crippen molar-refractivity contribution in [3.8, 4) is 5.75 Å². The molecule has 0 aliphatic carbocycles. The number of hydrogen-bond acceptors (Lipinski definition) is 3. The number of nitrogens with zero attached hydrogens (tertiary/aromatic N) is 1. The van der Waals surface area contributed by atoms with Gasteiger partial charge in [0.05, 0.1) is 0 Å². The molecule has 2 amide bonds. The number of ether oxygens (including phenoxy) is 1. The smallest absolute Gasteiger partial charge is 0.223 e. The molecule has 5 heteroatoms. The van der Waals surface area contributed by atoms with Crippen LogP contribution in [0.3, 0.4) is 0 Å². The first kappa shape index (κ1) is 21.5. The van der Waals surface area contributed by atoms with Crippen LogP contribution in [0.1, 0.15) is 39.2 Å². The summed E-state index contributed by atoms with van der Waals surface area (Å²) < 4.78 is 5.78. The average Bonchev–Trinajstić information content (AvgIpc) is 2.67. The van der Waals surface area contributed by atoms with Crippen LogP contribution in [-0.4, -0.2) is 24.9 Å². The Bertz CT molecular complexity index is 742. The normalized spacial score (nSPS) is 10.6. The van der Waals surface area contributed by atoms with Crippen molar-refractivity contribution in [3.05, 3.63) is 60.2 Å². The van der Waals surface area contributed by atoms with Crippen LogP contribution in [0.15, 0.2) is 54.6 Å². The van der Waals surface area contributed by atoms with Crippen molar-refractivity contribution in [2.75, 3.05) is 18.0 Å². The molecule has 2 aromatic carbocycles. The first-order valence-electron chi connectivity index (χ1n) is 9.77. The number of nitrogens with one attached hydrogen (secondary N) is 1. The zero-order chi connectivity index (χ0) is 20.4. The van der Waals surface area contributed by atoms with Gasteiger partial charge in [-0.2, -0.15) is 0 Å². The fourth-order valence-electron chi connectivity index (χ4n) is 2.73. The largest absolute Gasteiger partial charge is 0.489 e. The van der Waals surface area contributed by atoms with Gasteiger partial charge in [0, 0.05) is 32.1 Å². The molecule has 0 spiro atoms. The maximum absolute atomic E-state index is 12.0. The van der Waals surface area contributed by atoms with Crippen LogP contribution in [0.25, 0.3) is 0 Å². The summed E-state index contributed by atoms with van der Waals surface area (Å²) in [5, 5.41) is 2.90. The molecule has 0 radical (unpaired) electrons. The number of amides is 2. The highest BCUT2D eigenvalue weighted by molar-refractivity contribution is 5.92. The zero-order valence-electron chi connectivity index (χ0n) is 17.0. The van der Waals surface area contributed by atoms with Crippen LogP contribution in [0.2, 0.25) is 0 Å². The van der Waals surface area contributed by atoms with Crippen molar-refractivity contribution in [2.45, 2.75) is 40.2 Å². The number of rotatable bonds is 10. The first-order valence-corrected chi connectivity index (χ1v) is 9.77. The number of carbonyl (C=O) groups excluding carboxylic acids is 2. The predicted octanol–water partition coefficient (Wildman–Crippen LogP) is 4.17. The molecule has 0 aliphatic rings. The monoisotopic (exact) mass is 382 g/mol. The molecule has 2 aromatic rings. The van der Waals surface area contributed by atoms with E-state index in [1.807, 2.05) is 54.6 Å². The molecule has 0 atom stereocenters. The minimum absolute atomic E-state index is 0.0327. The summed E-state index contributed by atoms with van der Waals surface area (Å²) in [6.07, 6.45) is 1.23. The van der Waals surface area contributed by atoms with Crippen LogP contribution >= 0.6 is 0 Å². The first-order chi connectivity index (χ1) is 13.5. The Hall–Kier alpha value is -2.82. The topological polar surface area (TPSA) is 58.6 Å². The SMILES string of the molecule is CC(=O)N(CCC(=O)NCCC(C)C)c1ccc(OCc2ccccc2)cc1. The minimum atomic E-state index is -0.0899. The summed E-state index contributed by atoms with van der Waals surface area (Å²) in [6.45, 7) is 7.27. The van der Waals surface area contributed by atoms with Crippen molar-refractivity contribution < 1.29 is 14.3 Å². The van der Waals surface area contributed by atoms with Gasteiger partial charge in [-0.25, -0.2) is 0 Å². The fourth-order valence-corrected chi connectivity index (χ4v) is 2.73. The lowest BCUT2D eigenvalue weighted by Crippen LogP contribution is -2.34. The molecule has 1 N–H and O–H groups in total. The lowest BCUT2D eigenvalue weighted by Gasteiger charge is -2.21. The van der Waals surface area contributed by atoms with E-state index in [2.05, 4.69) is 19.2 Å². The Morgan fingerprint density at radius 2 is 1.71 bits per heavy atom. The molecule has 0 aromatic heterocycles. The lowest BCUT2D eigenvalue weighted by molar-refractivity contribution is -0.121. The standard InChI is InChI=1S/C23H30N2O3/c1-18(2)13-15-24-23(27)14-16-25(19(3)26)21-9-11-22(12-10-21)28-17-20-7-5-4-6-8-20/h4-12,18H,13-17H2,1-3H3,(H,24,27). The second kappa shape index (κ2) is 11.1. The Balaban J connectivity index is 1.87. The van der Waals surface area contributed by atoms with E-state index >= 15 is 0 Å². The lowest BCUT2D eigenvalue weighted by atomic mass is 10.1. The van der Waals surface area contributed by atoms with Crippen molar-refractivity contribution in [3.63, 3.8) is 0 Å². The Morgan fingerprint density at radius 3 is 2.32 bits per heavy atom. The summed E-state index contributed by atoms with van der Waals surface area (Å²) in [5.74, 6) is 1.17. The van der Waals surface area contributed by atoms with Gasteiger partial charge >= 0.3 is 0 Å². The van der Waals surface area contributed by atoms with Crippen LogP contribution < -0.4 is 15.0 Å². The number of anilines is 1. The van der Waals surface area contributed by atoms with Crippen molar-refractivity contribution in [2.24, 2.45) is 5.92 Å². The Labute approximate surface area is 167 Å². The molecular weight excluding hydrogens is 352 g/mol. The maximum atomic E-state index is 12.0. The van der Waals surface area contributed by atoms with Crippen LogP contribution in [-0.2, 0) is 16.2 Å². The van der Waals surface area contributed by atoms with Gasteiger partial charge in [-0.1, -0.05) is 44.2 Å². The molecular formula is C23H30N2O3. The maximum Gasteiger partial charge on any atom is 0.223 e. The molecule has 0 aliphatic heterocycles. The average molecular weight is 383 g/mol. The van der Waals surface area contributed by atoms with E-state index in [0.717, 1.165) is 23.4 Å². The second-order valence-corrected chi connectivity index (χ2v) is 7.22. The van der Waals surface area contributed by atoms with Gasteiger partial charge in [0.2, 0.25) is 11.8 Å². The third kappa shape index (κ3) is 7.43. The number of hydrogen-bond donors (Lipinski definition) is 1. The molecule has 0 unspecified atom stereocenters. The van der Waals surface area contributed by atoms with Gasteiger partial charge in [-0.15, -0.1) is 0 Å². The summed E-state index contributed by atoms with van der Waals surface area (Å²) in [6, 6.07) is 17.3. The summed E-state index contributed by atoms with van der Waals surface area (Å²) in [5.41, 5.74) is 1.86. The highest BCUT2D eigenvalue weighted by atomic mass is 16.5. The molecule has 2 rings (SSSR count). The molecule has 0 fully saturated rings.